The van der Waals surface area contributed by atoms with Gasteiger partial charge >= 0.3 is 5.97 Å². The zero-order valence-electron chi connectivity index (χ0n) is 12.9. The van der Waals surface area contributed by atoms with Crippen LogP contribution in [0.5, 0.6) is 5.75 Å². The summed E-state index contributed by atoms with van der Waals surface area (Å²) in [4.78, 5) is 22.6. The van der Waals surface area contributed by atoms with Crippen LogP contribution >= 0.6 is 0 Å². The van der Waals surface area contributed by atoms with E-state index in [1.54, 1.807) is 24.3 Å². The minimum absolute atomic E-state index is 0.00559. The third-order valence-corrected chi connectivity index (χ3v) is 4.09. The van der Waals surface area contributed by atoms with E-state index >= 15 is 0 Å². The standard InChI is InChI=1S/C17H23NO4/c1-12(10-13-4-2-3-5-13)17(21)18-14-6-8-15(9-7-14)22-11-16(19)20/h6-9,12-13H,2-5,10-11H2,1H3,(H,18,21)(H,19,20). The second-order valence-electron chi connectivity index (χ2n) is 5.98. The molecule has 1 aliphatic carbocycles. The smallest absolute Gasteiger partial charge is 0.341 e. The van der Waals surface area contributed by atoms with Gasteiger partial charge in [-0.1, -0.05) is 32.6 Å². The zero-order chi connectivity index (χ0) is 15.9. The Labute approximate surface area is 130 Å². The predicted octanol–water partition coefficient (Wildman–Crippen LogP) is 3.30. The highest BCUT2D eigenvalue weighted by atomic mass is 16.5. The average Bonchev–Trinajstić information content (AvgIpc) is 2.99. The van der Waals surface area contributed by atoms with Gasteiger partial charge in [-0.2, -0.15) is 0 Å². The van der Waals surface area contributed by atoms with Crippen molar-refractivity contribution < 1.29 is 19.4 Å². The minimum atomic E-state index is -1.02. The molecule has 1 atom stereocenters. The second-order valence-corrected chi connectivity index (χ2v) is 5.98. The number of ether oxygens (including phenoxy) is 1. The molecule has 1 aromatic rings. The fourth-order valence-electron chi connectivity index (χ4n) is 2.90. The highest BCUT2D eigenvalue weighted by Gasteiger charge is 2.21. The van der Waals surface area contributed by atoms with Gasteiger partial charge in [0.05, 0.1) is 0 Å². The number of carboxylic acid groups (broad SMARTS) is 1. The van der Waals surface area contributed by atoms with Crippen molar-refractivity contribution >= 4 is 17.6 Å². The quantitative estimate of drug-likeness (QED) is 0.810. The SMILES string of the molecule is CC(CC1CCCC1)C(=O)Nc1ccc(OCC(=O)O)cc1. The van der Waals surface area contributed by atoms with E-state index in [4.69, 9.17) is 9.84 Å². The highest BCUT2D eigenvalue weighted by molar-refractivity contribution is 5.92. The summed E-state index contributed by atoms with van der Waals surface area (Å²) >= 11 is 0. The lowest BCUT2D eigenvalue weighted by atomic mass is 9.94. The van der Waals surface area contributed by atoms with E-state index in [0.717, 1.165) is 6.42 Å². The lowest BCUT2D eigenvalue weighted by Gasteiger charge is -2.16. The Morgan fingerprint density at radius 2 is 1.91 bits per heavy atom. The summed E-state index contributed by atoms with van der Waals surface area (Å²) in [5.74, 6) is 0.183. The summed E-state index contributed by atoms with van der Waals surface area (Å²) in [5.41, 5.74) is 0.700. The Bertz CT molecular complexity index is 506. The molecule has 0 radical (unpaired) electrons. The number of aliphatic carboxylic acids is 1. The van der Waals surface area contributed by atoms with Crippen molar-refractivity contribution in [3.63, 3.8) is 0 Å². The molecule has 2 rings (SSSR count). The van der Waals surface area contributed by atoms with Crippen LogP contribution in [0.1, 0.15) is 39.0 Å². The Morgan fingerprint density at radius 1 is 1.27 bits per heavy atom. The van der Waals surface area contributed by atoms with E-state index in [1.165, 1.54) is 25.7 Å². The van der Waals surface area contributed by atoms with Gasteiger partial charge in [0.2, 0.25) is 5.91 Å². The lowest BCUT2D eigenvalue weighted by molar-refractivity contribution is -0.139. The van der Waals surface area contributed by atoms with Gasteiger partial charge < -0.3 is 15.2 Å². The van der Waals surface area contributed by atoms with Gasteiger partial charge in [0.25, 0.3) is 0 Å². The molecule has 1 aliphatic rings. The van der Waals surface area contributed by atoms with Gasteiger partial charge in [-0.05, 0) is 36.6 Å². The zero-order valence-corrected chi connectivity index (χ0v) is 12.9. The van der Waals surface area contributed by atoms with Crippen LogP contribution in [0.15, 0.2) is 24.3 Å². The van der Waals surface area contributed by atoms with E-state index < -0.39 is 5.97 Å². The van der Waals surface area contributed by atoms with Crippen LogP contribution < -0.4 is 10.1 Å². The van der Waals surface area contributed by atoms with Gasteiger partial charge in [0.15, 0.2) is 6.61 Å². The number of carboxylic acids is 1. The first kappa shape index (κ1) is 16.3. The fourth-order valence-corrected chi connectivity index (χ4v) is 2.90. The van der Waals surface area contributed by atoms with Crippen LogP contribution in [0.25, 0.3) is 0 Å². The molecule has 0 aliphatic heterocycles. The third kappa shape index (κ3) is 5.06. The summed E-state index contributed by atoms with van der Waals surface area (Å²) in [6.07, 6.45) is 6.01. The molecule has 2 N–H and O–H groups in total. The number of amides is 1. The number of carbonyl (C=O) groups excluding carboxylic acids is 1. The molecule has 0 aromatic heterocycles. The van der Waals surface area contributed by atoms with E-state index in [-0.39, 0.29) is 18.4 Å². The predicted molar refractivity (Wildman–Crippen MR) is 83.9 cm³/mol. The molecule has 120 valence electrons. The first-order chi connectivity index (χ1) is 10.5. The van der Waals surface area contributed by atoms with Gasteiger partial charge in [0.1, 0.15) is 5.75 Å². The van der Waals surface area contributed by atoms with E-state index in [0.29, 0.717) is 17.4 Å². The van der Waals surface area contributed by atoms with Crippen molar-refractivity contribution in [2.45, 2.75) is 39.0 Å². The molecular weight excluding hydrogens is 282 g/mol. The van der Waals surface area contributed by atoms with Gasteiger partial charge in [0, 0.05) is 11.6 Å². The molecule has 0 heterocycles. The molecule has 22 heavy (non-hydrogen) atoms. The van der Waals surface area contributed by atoms with E-state index in [2.05, 4.69) is 5.32 Å². The Hall–Kier alpha value is -2.04. The van der Waals surface area contributed by atoms with Crippen molar-refractivity contribution in [1.29, 1.82) is 0 Å². The summed E-state index contributed by atoms with van der Waals surface area (Å²) in [6, 6.07) is 6.75. The first-order valence-electron chi connectivity index (χ1n) is 7.80. The molecule has 1 amide bonds. The van der Waals surface area contributed by atoms with Crippen LogP contribution in [-0.4, -0.2) is 23.6 Å². The molecule has 0 bridgehead atoms. The fraction of sp³-hybridized carbons (Fsp3) is 0.529. The van der Waals surface area contributed by atoms with Crippen LogP contribution in [0, 0.1) is 11.8 Å². The number of nitrogens with one attached hydrogen (secondary N) is 1. The molecule has 0 spiro atoms. The largest absolute Gasteiger partial charge is 0.482 e. The first-order valence-corrected chi connectivity index (χ1v) is 7.80. The monoisotopic (exact) mass is 305 g/mol. The van der Waals surface area contributed by atoms with Crippen molar-refractivity contribution in [2.75, 3.05) is 11.9 Å². The Morgan fingerprint density at radius 3 is 2.50 bits per heavy atom. The van der Waals surface area contributed by atoms with E-state index in [1.807, 2.05) is 6.92 Å². The van der Waals surface area contributed by atoms with E-state index in [9.17, 15) is 9.59 Å². The number of anilines is 1. The highest BCUT2D eigenvalue weighted by Crippen LogP contribution is 2.30. The maximum Gasteiger partial charge on any atom is 0.341 e. The van der Waals surface area contributed by atoms with Crippen LogP contribution in [0.4, 0.5) is 5.69 Å². The van der Waals surface area contributed by atoms with Crippen LogP contribution in [0.2, 0.25) is 0 Å². The molecular formula is C17H23NO4. The lowest BCUT2D eigenvalue weighted by Crippen LogP contribution is -2.22. The van der Waals surface area contributed by atoms with Gasteiger partial charge in [-0.15, -0.1) is 0 Å². The van der Waals surface area contributed by atoms with Crippen LogP contribution in [-0.2, 0) is 9.59 Å². The summed E-state index contributed by atoms with van der Waals surface area (Å²) in [7, 11) is 0. The van der Waals surface area contributed by atoms with Crippen molar-refractivity contribution in [1.82, 2.24) is 0 Å². The van der Waals surface area contributed by atoms with Gasteiger partial charge in [-0.25, -0.2) is 4.79 Å². The maximum absolute atomic E-state index is 12.2. The average molecular weight is 305 g/mol. The van der Waals surface area contributed by atoms with Crippen molar-refractivity contribution in [3.05, 3.63) is 24.3 Å². The molecule has 0 saturated heterocycles. The molecule has 1 fully saturated rings. The Balaban J connectivity index is 1.81. The Kier molecular flexibility index (Phi) is 5.81. The number of hydrogen-bond donors (Lipinski definition) is 2. The summed E-state index contributed by atoms with van der Waals surface area (Å²) in [5, 5.41) is 11.4. The van der Waals surface area contributed by atoms with Crippen molar-refractivity contribution in [2.24, 2.45) is 11.8 Å². The molecule has 5 nitrogen and oxygen atoms in total. The summed E-state index contributed by atoms with van der Waals surface area (Å²) in [6.45, 7) is 1.60. The molecule has 1 unspecified atom stereocenters. The number of carbonyl (C=O) groups is 2. The minimum Gasteiger partial charge on any atom is -0.482 e. The normalized spacial score (nSPS) is 16.2. The maximum atomic E-state index is 12.2. The molecule has 1 aromatic carbocycles. The molecule has 1 saturated carbocycles. The summed E-state index contributed by atoms with van der Waals surface area (Å²) < 4.78 is 5.05. The number of hydrogen-bond acceptors (Lipinski definition) is 3. The van der Waals surface area contributed by atoms with Crippen molar-refractivity contribution in [3.8, 4) is 5.75 Å². The van der Waals surface area contributed by atoms with Gasteiger partial charge in [-0.3, -0.25) is 4.79 Å². The topological polar surface area (TPSA) is 75.6 Å². The number of rotatable bonds is 7. The third-order valence-electron chi connectivity index (χ3n) is 4.09. The number of benzene rings is 1. The molecule has 5 heteroatoms. The van der Waals surface area contributed by atoms with Crippen LogP contribution in [0.3, 0.4) is 0 Å². The second kappa shape index (κ2) is 7.82.